The van der Waals surface area contributed by atoms with E-state index in [1.807, 2.05) is 0 Å². The predicted molar refractivity (Wildman–Crippen MR) is 60.2 cm³/mol. The topological polar surface area (TPSA) is 29.3 Å². The zero-order chi connectivity index (χ0) is 9.97. The molecule has 2 fully saturated rings. The van der Waals surface area contributed by atoms with E-state index in [4.69, 9.17) is 5.73 Å². The van der Waals surface area contributed by atoms with Crippen LogP contribution in [0.2, 0.25) is 0 Å². The van der Waals surface area contributed by atoms with Crippen LogP contribution in [-0.2, 0) is 0 Å². The molecule has 1 aliphatic heterocycles. The normalized spacial score (nSPS) is 30.9. The van der Waals surface area contributed by atoms with Gasteiger partial charge in [-0.25, -0.2) is 0 Å². The first-order valence-electron chi connectivity index (χ1n) is 6.27. The van der Waals surface area contributed by atoms with Gasteiger partial charge in [0.05, 0.1) is 0 Å². The van der Waals surface area contributed by atoms with Gasteiger partial charge >= 0.3 is 0 Å². The quantitative estimate of drug-likeness (QED) is 0.727. The molecule has 2 rings (SSSR count). The average Bonchev–Trinajstić information content (AvgIpc) is 2.90. The Bertz CT molecular complexity index is 177. The van der Waals surface area contributed by atoms with Gasteiger partial charge in [-0.3, -0.25) is 0 Å². The zero-order valence-electron chi connectivity index (χ0n) is 9.41. The first-order chi connectivity index (χ1) is 6.83. The fraction of sp³-hybridized carbons (Fsp3) is 1.00. The van der Waals surface area contributed by atoms with E-state index in [-0.39, 0.29) is 0 Å². The fourth-order valence-electron chi connectivity index (χ4n) is 2.70. The van der Waals surface area contributed by atoms with Crippen LogP contribution in [-0.4, -0.2) is 30.6 Å². The highest BCUT2D eigenvalue weighted by atomic mass is 15.2. The van der Waals surface area contributed by atoms with Crippen LogP contribution >= 0.6 is 0 Å². The van der Waals surface area contributed by atoms with Crippen molar-refractivity contribution in [2.24, 2.45) is 17.6 Å². The maximum absolute atomic E-state index is 5.72. The Balaban J connectivity index is 1.79. The summed E-state index contributed by atoms with van der Waals surface area (Å²) >= 11 is 0. The van der Waals surface area contributed by atoms with Gasteiger partial charge in [0.15, 0.2) is 0 Å². The molecule has 82 valence electrons. The van der Waals surface area contributed by atoms with Gasteiger partial charge in [-0.15, -0.1) is 0 Å². The van der Waals surface area contributed by atoms with E-state index >= 15 is 0 Å². The maximum Gasteiger partial charge on any atom is 0.00953 e. The second kappa shape index (κ2) is 4.63. The number of rotatable bonds is 5. The van der Waals surface area contributed by atoms with Crippen molar-refractivity contribution in [3.8, 4) is 0 Å². The van der Waals surface area contributed by atoms with Crippen LogP contribution in [0.15, 0.2) is 0 Å². The molecule has 2 N–H and O–H groups in total. The van der Waals surface area contributed by atoms with Crippen molar-refractivity contribution in [2.75, 3.05) is 19.6 Å². The van der Waals surface area contributed by atoms with Gasteiger partial charge in [0.25, 0.3) is 0 Å². The minimum absolute atomic E-state index is 0.781. The third-order valence-electron chi connectivity index (χ3n) is 3.94. The second-order valence-corrected chi connectivity index (χ2v) is 5.13. The lowest BCUT2D eigenvalue weighted by Crippen LogP contribution is -2.34. The molecule has 0 bridgehead atoms. The zero-order valence-corrected chi connectivity index (χ0v) is 9.41. The van der Waals surface area contributed by atoms with Gasteiger partial charge in [0.2, 0.25) is 0 Å². The molecule has 2 atom stereocenters. The summed E-state index contributed by atoms with van der Waals surface area (Å²) in [6, 6.07) is 0.860. The largest absolute Gasteiger partial charge is 0.330 e. The van der Waals surface area contributed by atoms with E-state index in [1.54, 1.807) is 0 Å². The Labute approximate surface area is 87.8 Å². The summed E-state index contributed by atoms with van der Waals surface area (Å²) in [5.41, 5.74) is 5.72. The lowest BCUT2D eigenvalue weighted by molar-refractivity contribution is 0.210. The molecule has 1 saturated carbocycles. The summed E-state index contributed by atoms with van der Waals surface area (Å²) < 4.78 is 0. The van der Waals surface area contributed by atoms with E-state index in [2.05, 4.69) is 11.8 Å². The molecule has 0 aromatic rings. The first kappa shape index (κ1) is 10.4. The van der Waals surface area contributed by atoms with Crippen molar-refractivity contribution in [3.63, 3.8) is 0 Å². The van der Waals surface area contributed by atoms with Crippen molar-refractivity contribution in [2.45, 2.75) is 45.1 Å². The van der Waals surface area contributed by atoms with Gasteiger partial charge in [-0.05, 0) is 44.2 Å². The van der Waals surface area contributed by atoms with Crippen LogP contribution < -0.4 is 5.73 Å². The summed E-state index contributed by atoms with van der Waals surface area (Å²) in [5.74, 6) is 1.85. The molecular weight excluding hydrogens is 172 g/mol. The molecule has 2 aliphatic rings. The highest BCUT2D eigenvalue weighted by molar-refractivity contribution is 4.85. The van der Waals surface area contributed by atoms with Crippen molar-refractivity contribution >= 4 is 0 Å². The maximum atomic E-state index is 5.72. The van der Waals surface area contributed by atoms with Crippen LogP contribution in [0.3, 0.4) is 0 Å². The molecule has 1 aliphatic carbocycles. The van der Waals surface area contributed by atoms with Crippen LogP contribution in [0, 0.1) is 11.8 Å². The molecule has 1 heterocycles. The molecule has 14 heavy (non-hydrogen) atoms. The van der Waals surface area contributed by atoms with Gasteiger partial charge in [0.1, 0.15) is 0 Å². The number of likely N-dealkylation sites (tertiary alicyclic amines) is 1. The minimum Gasteiger partial charge on any atom is -0.330 e. The summed E-state index contributed by atoms with van der Waals surface area (Å²) in [7, 11) is 0. The number of nitrogens with two attached hydrogens (primary N) is 1. The molecule has 2 heteroatoms. The molecule has 0 radical (unpaired) electrons. The number of hydrogen-bond donors (Lipinski definition) is 1. The third-order valence-corrected chi connectivity index (χ3v) is 3.94. The Kier molecular flexibility index (Phi) is 3.45. The van der Waals surface area contributed by atoms with E-state index in [1.165, 1.54) is 45.2 Å². The van der Waals surface area contributed by atoms with Gasteiger partial charge < -0.3 is 10.6 Å². The lowest BCUT2D eigenvalue weighted by atomic mass is 10.1. The molecule has 0 aromatic heterocycles. The molecule has 0 aromatic carbocycles. The van der Waals surface area contributed by atoms with E-state index in [0.29, 0.717) is 0 Å². The molecule has 2 unspecified atom stereocenters. The van der Waals surface area contributed by atoms with Crippen LogP contribution in [0.25, 0.3) is 0 Å². The SMILES string of the molecule is CCC(CC1CC1)N1CCC(CN)C1. The summed E-state index contributed by atoms with van der Waals surface area (Å²) in [5, 5.41) is 0. The summed E-state index contributed by atoms with van der Waals surface area (Å²) in [6.45, 7) is 5.79. The van der Waals surface area contributed by atoms with Crippen LogP contribution in [0.5, 0.6) is 0 Å². The number of nitrogens with zero attached hydrogens (tertiary/aromatic N) is 1. The van der Waals surface area contributed by atoms with Crippen molar-refractivity contribution in [1.82, 2.24) is 4.90 Å². The average molecular weight is 196 g/mol. The Morgan fingerprint density at radius 1 is 1.29 bits per heavy atom. The highest BCUT2D eigenvalue weighted by Crippen LogP contribution is 2.36. The Morgan fingerprint density at radius 3 is 2.57 bits per heavy atom. The molecule has 2 nitrogen and oxygen atoms in total. The smallest absolute Gasteiger partial charge is 0.00953 e. The second-order valence-electron chi connectivity index (χ2n) is 5.13. The third kappa shape index (κ3) is 2.48. The van der Waals surface area contributed by atoms with Crippen molar-refractivity contribution < 1.29 is 0 Å². The highest BCUT2D eigenvalue weighted by Gasteiger charge is 2.31. The fourth-order valence-corrected chi connectivity index (χ4v) is 2.70. The summed E-state index contributed by atoms with van der Waals surface area (Å²) in [4.78, 5) is 2.69. The first-order valence-corrected chi connectivity index (χ1v) is 6.27. The molecule has 1 saturated heterocycles. The summed E-state index contributed by atoms with van der Waals surface area (Å²) in [6.07, 6.45) is 7.09. The number of hydrogen-bond acceptors (Lipinski definition) is 2. The molecule has 0 amide bonds. The predicted octanol–water partition coefficient (Wildman–Crippen LogP) is 1.85. The van der Waals surface area contributed by atoms with Crippen LogP contribution in [0.4, 0.5) is 0 Å². The van der Waals surface area contributed by atoms with Crippen molar-refractivity contribution in [1.29, 1.82) is 0 Å². The molecular formula is C12H24N2. The monoisotopic (exact) mass is 196 g/mol. The van der Waals surface area contributed by atoms with Crippen molar-refractivity contribution in [3.05, 3.63) is 0 Å². The van der Waals surface area contributed by atoms with Crippen LogP contribution in [0.1, 0.15) is 39.0 Å². The van der Waals surface area contributed by atoms with Gasteiger partial charge in [-0.1, -0.05) is 19.8 Å². The minimum atomic E-state index is 0.781. The standard InChI is InChI=1S/C12H24N2/c1-2-12(7-10-3-4-10)14-6-5-11(8-13)9-14/h10-12H,2-9,13H2,1H3. The Hall–Kier alpha value is -0.0800. The van der Waals surface area contributed by atoms with E-state index in [0.717, 1.165) is 24.4 Å². The van der Waals surface area contributed by atoms with E-state index < -0.39 is 0 Å². The molecule has 0 spiro atoms. The van der Waals surface area contributed by atoms with E-state index in [9.17, 15) is 0 Å². The van der Waals surface area contributed by atoms with Gasteiger partial charge in [-0.2, -0.15) is 0 Å². The van der Waals surface area contributed by atoms with Gasteiger partial charge in [0, 0.05) is 12.6 Å². The Morgan fingerprint density at radius 2 is 2.07 bits per heavy atom. The lowest BCUT2D eigenvalue weighted by Gasteiger charge is -2.26.